The molecule has 1 N–H and O–H groups in total. The van der Waals surface area contributed by atoms with Crippen LogP contribution < -0.4 is 0 Å². The number of morpholine rings is 1. The fourth-order valence-electron chi connectivity index (χ4n) is 3.01. The molecule has 6 nitrogen and oxygen atoms in total. The Kier molecular flexibility index (Phi) is 6.61. The van der Waals surface area contributed by atoms with Crippen molar-refractivity contribution in [2.24, 2.45) is 0 Å². The second kappa shape index (κ2) is 8.92. The van der Waals surface area contributed by atoms with Gasteiger partial charge < -0.3 is 9.84 Å². The number of hydrogen-bond acceptors (Lipinski definition) is 6. The molecule has 1 unspecified atom stereocenters. The van der Waals surface area contributed by atoms with Gasteiger partial charge in [0.05, 0.1) is 24.9 Å². The zero-order valence-electron chi connectivity index (χ0n) is 14.6. The van der Waals surface area contributed by atoms with Crippen molar-refractivity contribution in [3.05, 3.63) is 40.4 Å². The molecule has 8 heteroatoms. The highest BCUT2D eigenvalue weighted by Crippen LogP contribution is 2.25. The second-order valence-corrected chi connectivity index (χ2v) is 7.76. The van der Waals surface area contributed by atoms with Gasteiger partial charge in [0.25, 0.3) is 0 Å². The van der Waals surface area contributed by atoms with Gasteiger partial charge >= 0.3 is 5.97 Å². The highest BCUT2D eigenvalue weighted by molar-refractivity contribution is 7.13. The fraction of sp³-hybridized carbons (Fsp3) is 0.444. The minimum Gasteiger partial charge on any atom is -0.480 e. The van der Waals surface area contributed by atoms with Gasteiger partial charge in [0.15, 0.2) is 0 Å². The number of hydrogen-bond donors (Lipinski definition) is 1. The molecule has 1 aliphatic heterocycles. The van der Waals surface area contributed by atoms with Crippen molar-refractivity contribution < 1.29 is 14.6 Å². The summed E-state index contributed by atoms with van der Waals surface area (Å²) < 4.78 is 5.78. The minimum atomic E-state index is -0.822. The maximum atomic E-state index is 10.8. The number of aliphatic carboxylic acids is 1. The number of rotatable bonds is 7. The second-order valence-electron chi connectivity index (χ2n) is 6.47. The predicted molar refractivity (Wildman–Crippen MR) is 103 cm³/mol. The van der Waals surface area contributed by atoms with Crippen molar-refractivity contribution in [1.29, 1.82) is 0 Å². The van der Waals surface area contributed by atoms with E-state index >= 15 is 0 Å². The molecule has 0 bridgehead atoms. The quantitative estimate of drug-likeness (QED) is 0.777. The number of thiazole rings is 1. The number of benzene rings is 1. The van der Waals surface area contributed by atoms with Crippen molar-refractivity contribution in [2.45, 2.75) is 12.6 Å². The summed E-state index contributed by atoms with van der Waals surface area (Å²) in [5, 5.41) is 12.7. The predicted octanol–water partition coefficient (Wildman–Crippen LogP) is 2.68. The first-order valence-corrected chi connectivity index (χ1v) is 9.70. The number of aromatic nitrogens is 1. The highest BCUT2D eigenvalue weighted by Gasteiger charge is 2.23. The van der Waals surface area contributed by atoms with E-state index in [4.69, 9.17) is 26.4 Å². The van der Waals surface area contributed by atoms with Crippen molar-refractivity contribution in [3.63, 3.8) is 0 Å². The lowest BCUT2D eigenvalue weighted by Gasteiger charge is -2.34. The van der Waals surface area contributed by atoms with Crippen LogP contribution in [-0.2, 0) is 16.1 Å². The third-order valence-corrected chi connectivity index (χ3v) is 5.36. The van der Waals surface area contributed by atoms with E-state index in [1.807, 2.05) is 24.3 Å². The molecule has 140 valence electrons. The standard InChI is InChI=1S/C18H22ClN3O3S/c1-21(11-17(23)24)9-16-10-22(6-7-25-16)8-15-12-26-18(20-15)13-2-4-14(19)5-3-13/h2-5,12,16H,6-11H2,1H3,(H,23,24). The number of carboxylic acid groups (broad SMARTS) is 1. The Labute approximate surface area is 162 Å². The molecular formula is C18H22ClN3O3S. The zero-order valence-corrected chi connectivity index (χ0v) is 16.2. The van der Waals surface area contributed by atoms with Crippen LogP contribution in [-0.4, -0.2) is 71.8 Å². The number of nitrogens with zero attached hydrogens (tertiary/aromatic N) is 3. The number of ether oxygens (including phenoxy) is 1. The van der Waals surface area contributed by atoms with E-state index in [1.165, 1.54) is 0 Å². The first-order chi connectivity index (χ1) is 12.5. The van der Waals surface area contributed by atoms with E-state index in [1.54, 1.807) is 23.3 Å². The number of carbonyl (C=O) groups is 1. The molecule has 0 aliphatic carbocycles. The van der Waals surface area contributed by atoms with E-state index < -0.39 is 5.97 Å². The summed E-state index contributed by atoms with van der Waals surface area (Å²) in [6, 6.07) is 7.71. The Bertz CT molecular complexity index is 738. The molecule has 3 rings (SSSR count). The number of likely N-dealkylation sites (N-methyl/N-ethyl adjacent to an activating group) is 1. The van der Waals surface area contributed by atoms with Crippen LogP contribution >= 0.6 is 22.9 Å². The zero-order chi connectivity index (χ0) is 18.5. The van der Waals surface area contributed by atoms with E-state index in [2.05, 4.69) is 10.3 Å². The monoisotopic (exact) mass is 395 g/mol. The van der Waals surface area contributed by atoms with E-state index in [9.17, 15) is 4.79 Å². The van der Waals surface area contributed by atoms with Gasteiger partial charge in [-0.25, -0.2) is 4.98 Å². The molecular weight excluding hydrogens is 374 g/mol. The van der Waals surface area contributed by atoms with E-state index in [-0.39, 0.29) is 12.6 Å². The lowest BCUT2D eigenvalue weighted by atomic mass is 10.2. The van der Waals surface area contributed by atoms with Crippen LogP contribution in [0.3, 0.4) is 0 Å². The SMILES string of the molecule is CN(CC(=O)O)CC1CN(Cc2csc(-c3ccc(Cl)cc3)n2)CCO1. The van der Waals surface area contributed by atoms with Crippen LogP contribution in [0.1, 0.15) is 5.69 Å². The maximum Gasteiger partial charge on any atom is 0.317 e. The molecule has 1 saturated heterocycles. The van der Waals surface area contributed by atoms with Crippen LogP contribution in [0.2, 0.25) is 5.02 Å². The third-order valence-electron chi connectivity index (χ3n) is 4.17. The molecule has 1 atom stereocenters. The topological polar surface area (TPSA) is 65.9 Å². The molecule has 1 aliphatic rings. The van der Waals surface area contributed by atoms with E-state index in [0.717, 1.165) is 40.9 Å². The van der Waals surface area contributed by atoms with Gasteiger partial charge in [0.2, 0.25) is 0 Å². The van der Waals surface area contributed by atoms with Crippen molar-refractivity contribution >= 4 is 28.9 Å². The molecule has 0 amide bonds. The summed E-state index contributed by atoms with van der Waals surface area (Å²) in [6.45, 7) is 3.68. The first-order valence-electron chi connectivity index (χ1n) is 8.44. The Morgan fingerprint density at radius 2 is 2.23 bits per heavy atom. The van der Waals surface area contributed by atoms with Gasteiger partial charge in [-0.2, -0.15) is 0 Å². The highest BCUT2D eigenvalue weighted by atomic mass is 35.5. The largest absolute Gasteiger partial charge is 0.480 e. The van der Waals surface area contributed by atoms with Crippen LogP contribution in [0, 0.1) is 0 Å². The van der Waals surface area contributed by atoms with Gasteiger partial charge in [0.1, 0.15) is 5.01 Å². The smallest absolute Gasteiger partial charge is 0.317 e. The van der Waals surface area contributed by atoms with Crippen LogP contribution in [0.25, 0.3) is 10.6 Å². The number of carboxylic acids is 1. The molecule has 1 aromatic carbocycles. The molecule has 26 heavy (non-hydrogen) atoms. The lowest BCUT2D eigenvalue weighted by molar-refractivity contribution is -0.138. The Balaban J connectivity index is 1.55. The Hall–Kier alpha value is -1.51. The normalized spacial score (nSPS) is 18.3. The maximum absolute atomic E-state index is 10.8. The summed E-state index contributed by atoms with van der Waals surface area (Å²) in [5.41, 5.74) is 2.11. The summed E-state index contributed by atoms with van der Waals surface area (Å²) in [4.78, 5) is 19.6. The molecule has 0 radical (unpaired) electrons. The lowest BCUT2D eigenvalue weighted by Crippen LogP contribution is -2.47. The molecule has 1 aromatic heterocycles. The number of halogens is 1. The molecule has 0 spiro atoms. The summed E-state index contributed by atoms with van der Waals surface area (Å²) in [7, 11) is 1.80. The third kappa shape index (κ3) is 5.49. The Morgan fingerprint density at radius 1 is 1.46 bits per heavy atom. The average Bonchev–Trinajstić information content (AvgIpc) is 3.03. The van der Waals surface area contributed by atoms with E-state index in [0.29, 0.717) is 13.2 Å². The molecule has 2 heterocycles. The summed E-state index contributed by atoms with van der Waals surface area (Å²) >= 11 is 7.57. The first kappa shape index (κ1) is 19.3. The van der Waals surface area contributed by atoms with Crippen LogP contribution in [0.4, 0.5) is 0 Å². The molecule has 0 saturated carbocycles. The molecule has 1 fully saturated rings. The van der Waals surface area contributed by atoms with Gasteiger partial charge in [-0.3, -0.25) is 14.6 Å². The van der Waals surface area contributed by atoms with Gasteiger partial charge in [-0.05, 0) is 19.2 Å². The van der Waals surface area contributed by atoms with Crippen molar-refractivity contribution in [1.82, 2.24) is 14.8 Å². The Morgan fingerprint density at radius 3 is 2.96 bits per heavy atom. The van der Waals surface area contributed by atoms with Gasteiger partial charge in [0, 0.05) is 42.1 Å². The van der Waals surface area contributed by atoms with Crippen LogP contribution in [0.15, 0.2) is 29.6 Å². The summed E-state index contributed by atoms with van der Waals surface area (Å²) in [5.74, 6) is -0.822. The van der Waals surface area contributed by atoms with Gasteiger partial charge in [-0.1, -0.05) is 23.7 Å². The molecule has 2 aromatic rings. The average molecular weight is 396 g/mol. The van der Waals surface area contributed by atoms with Crippen LogP contribution in [0.5, 0.6) is 0 Å². The summed E-state index contributed by atoms with van der Waals surface area (Å²) in [6.07, 6.45) is 0.0162. The minimum absolute atomic E-state index is 0.0162. The van der Waals surface area contributed by atoms with Crippen molar-refractivity contribution in [2.75, 3.05) is 39.8 Å². The fourth-order valence-corrected chi connectivity index (χ4v) is 3.95. The van der Waals surface area contributed by atoms with Crippen molar-refractivity contribution in [3.8, 4) is 10.6 Å². The van der Waals surface area contributed by atoms with Gasteiger partial charge in [-0.15, -0.1) is 11.3 Å².